The molecule has 19 heavy (non-hydrogen) atoms. The van der Waals surface area contributed by atoms with Crippen LogP contribution in [0.5, 0.6) is 0 Å². The number of benzene rings is 1. The number of hydrogen-bond donors (Lipinski definition) is 1. The van der Waals surface area contributed by atoms with Gasteiger partial charge in [0, 0.05) is 23.6 Å². The van der Waals surface area contributed by atoms with Crippen molar-refractivity contribution in [3.8, 4) is 0 Å². The molecule has 1 aliphatic rings. The Bertz CT molecular complexity index is 530. The summed E-state index contributed by atoms with van der Waals surface area (Å²) >= 11 is 3.29. The van der Waals surface area contributed by atoms with Gasteiger partial charge in [0.15, 0.2) is 0 Å². The van der Waals surface area contributed by atoms with Crippen LogP contribution in [0.25, 0.3) is 0 Å². The molecule has 106 valence electrons. The largest absolute Gasteiger partial charge is 0.374 e. The molecule has 1 aliphatic heterocycles. The number of halogens is 1. The van der Waals surface area contributed by atoms with Crippen LogP contribution in [0.2, 0.25) is 0 Å². The highest BCUT2D eigenvalue weighted by Gasteiger charge is 2.32. The van der Waals surface area contributed by atoms with Gasteiger partial charge in [0.2, 0.25) is 10.0 Å². The Hall–Kier alpha value is -0.470. The van der Waals surface area contributed by atoms with Crippen molar-refractivity contribution < 1.29 is 13.2 Å². The zero-order valence-corrected chi connectivity index (χ0v) is 13.0. The molecule has 0 aliphatic carbocycles. The van der Waals surface area contributed by atoms with Crippen LogP contribution in [0, 0.1) is 0 Å². The first-order valence-corrected chi connectivity index (χ1v) is 8.27. The van der Waals surface area contributed by atoms with Crippen molar-refractivity contribution in [1.82, 2.24) is 4.31 Å². The van der Waals surface area contributed by atoms with E-state index in [0.29, 0.717) is 24.6 Å². The van der Waals surface area contributed by atoms with E-state index in [-0.39, 0.29) is 12.1 Å². The van der Waals surface area contributed by atoms with E-state index in [2.05, 4.69) is 15.9 Å². The number of morpholine rings is 1. The Morgan fingerprint density at radius 3 is 2.63 bits per heavy atom. The number of rotatable bonds is 3. The van der Waals surface area contributed by atoms with Gasteiger partial charge >= 0.3 is 0 Å². The van der Waals surface area contributed by atoms with Gasteiger partial charge in [0.05, 0.1) is 17.6 Å². The molecule has 7 heteroatoms. The number of sulfonamides is 1. The minimum absolute atomic E-state index is 0.192. The van der Waals surface area contributed by atoms with E-state index in [1.165, 1.54) is 4.31 Å². The summed E-state index contributed by atoms with van der Waals surface area (Å²) in [6, 6.07) is 6.43. The van der Waals surface area contributed by atoms with Crippen molar-refractivity contribution in [2.45, 2.75) is 24.0 Å². The molecule has 1 aromatic rings. The number of nitrogens with two attached hydrogens (primary N) is 1. The maximum Gasteiger partial charge on any atom is 0.243 e. The fraction of sp³-hybridized carbons (Fsp3) is 0.500. The summed E-state index contributed by atoms with van der Waals surface area (Å²) in [5, 5.41) is 0. The smallest absolute Gasteiger partial charge is 0.243 e. The van der Waals surface area contributed by atoms with Crippen molar-refractivity contribution >= 4 is 26.0 Å². The third kappa shape index (κ3) is 3.35. The van der Waals surface area contributed by atoms with E-state index in [1.54, 1.807) is 24.3 Å². The van der Waals surface area contributed by atoms with Gasteiger partial charge in [-0.15, -0.1) is 0 Å². The molecule has 2 atom stereocenters. The van der Waals surface area contributed by atoms with Crippen LogP contribution >= 0.6 is 15.9 Å². The molecule has 0 amide bonds. The van der Waals surface area contributed by atoms with Gasteiger partial charge < -0.3 is 10.5 Å². The first-order valence-electron chi connectivity index (χ1n) is 6.04. The minimum atomic E-state index is -3.47. The van der Waals surface area contributed by atoms with Gasteiger partial charge in [-0.05, 0) is 31.2 Å². The zero-order chi connectivity index (χ0) is 14.0. The topological polar surface area (TPSA) is 72.6 Å². The van der Waals surface area contributed by atoms with E-state index in [1.807, 2.05) is 6.92 Å². The van der Waals surface area contributed by atoms with Crippen molar-refractivity contribution in [2.24, 2.45) is 5.73 Å². The van der Waals surface area contributed by atoms with Crippen molar-refractivity contribution in [3.63, 3.8) is 0 Å². The van der Waals surface area contributed by atoms with Crippen LogP contribution in [-0.2, 0) is 14.8 Å². The number of hydrogen-bond acceptors (Lipinski definition) is 4. The molecular formula is C12H17BrN2O3S. The molecule has 2 N–H and O–H groups in total. The van der Waals surface area contributed by atoms with Gasteiger partial charge in [-0.2, -0.15) is 4.31 Å². The molecule has 2 rings (SSSR count). The molecule has 0 aromatic heterocycles. The minimum Gasteiger partial charge on any atom is -0.374 e. The van der Waals surface area contributed by atoms with E-state index < -0.39 is 10.0 Å². The lowest BCUT2D eigenvalue weighted by Gasteiger charge is -2.33. The molecule has 5 nitrogen and oxygen atoms in total. The second-order valence-electron chi connectivity index (χ2n) is 4.59. The van der Waals surface area contributed by atoms with E-state index in [0.717, 1.165) is 4.47 Å². The SMILES string of the molecule is CC(N)C1CN(S(=O)(=O)c2ccc(Br)cc2)CCO1. The summed E-state index contributed by atoms with van der Waals surface area (Å²) in [7, 11) is -3.47. The van der Waals surface area contributed by atoms with Crippen LogP contribution in [0.3, 0.4) is 0 Å². The van der Waals surface area contributed by atoms with Crippen LogP contribution < -0.4 is 5.73 Å². The fourth-order valence-corrected chi connectivity index (χ4v) is 3.64. The van der Waals surface area contributed by atoms with Crippen molar-refractivity contribution in [3.05, 3.63) is 28.7 Å². The molecule has 1 heterocycles. The average molecular weight is 349 g/mol. The second kappa shape index (κ2) is 5.88. The van der Waals surface area contributed by atoms with Gasteiger partial charge in [-0.3, -0.25) is 0 Å². The highest BCUT2D eigenvalue weighted by atomic mass is 79.9. The standard InChI is InChI=1S/C12H17BrN2O3S/c1-9(14)12-8-15(6-7-18-12)19(16,17)11-4-2-10(13)3-5-11/h2-5,9,12H,6-8,14H2,1H3. The summed E-state index contributed by atoms with van der Waals surface area (Å²) in [6.45, 7) is 2.86. The average Bonchev–Trinajstić information content (AvgIpc) is 2.39. The van der Waals surface area contributed by atoms with E-state index in [4.69, 9.17) is 10.5 Å². The van der Waals surface area contributed by atoms with Gasteiger partial charge in [-0.1, -0.05) is 15.9 Å². The summed E-state index contributed by atoms with van der Waals surface area (Å²) in [6.07, 6.45) is -0.251. The quantitative estimate of drug-likeness (QED) is 0.890. The Morgan fingerprint density at radius 2 is 2.05 bits per heavy atom. The lowest BCUT2D eigenvalue weighted by molar-refractivity contribution is -0.0120. The molecule has 0 spiro atoms. The first-order chi connectivity index (χ1) is 8.91. The van der Waals surface area contributed by atoms with Gasteiger partial charge in [0.25, 0.3) is 0 Å². The molecule has 2 unspecified atom stereocenters. The number of nitrogens with zero attached hydrogens (tertiary/aromatic N) is 1. The lowest BCUT2D eigenvalue weighted by atomic mass is 10.2. The first kappa shape index (κ1) is 14.9. The second-order valence-corrected chi connectivity index (χ2v) is 7.44. The molecule has 1 saturated heterocycles. The zero-order valence-electron chi connectivity index (χ0n) is 10.6. The highest BCUT2D eigenvalue weighted by Crippen LogP contribution is 2.21. The maximum absolute atomic E-state index is 12.5. The highest BCUT2D eigenvalue weighted by molar-refractivity contribution is 9.10. The predicted octanol–water partition coefficient (Wildman–Crippen LogP) is 1.19. The molecular weight excluding hydrogens is 332 g/mol. The van der Waals surface area contributed by atoms with Crippen LogP contribution in [0.15, 0.2) is 33.6 Å². The monoisotopic (exact) mass is 348 g/mol. The summed E-state index contributed by atoms with van der Waals surface area (Å²) in [4.78, 5) is 0.293. The van der Waals surface area contributed by atoms with Gasteiger partial charge in [0.1, 0.15) is 0 Å². The van der Waals surface area contributed by atoms with Crippen LogP contribution in [0.4, 0.5) is 0 Å². The van der Waals surface area contributed by atoms with Crippen molar-refractivity contribution in [1.29, 1.82) is 0 Å². The lowest BCUT2D eigenvalue weighted by Crippen LogP contribution is -2.51. The predicted molar refractivity (Wildman–Crippen MR) is 76.3 cm³/mol. The number of ether oxygens (including phenoxy) is 1. The summed E-state index contributed by atoms with van der Waals surface area (Å²) in [5.41, 5.74) is 5.78. The molecule has 0 saturated carbocycles. The molecule has 1 fully saturated rings. The summed E-state index contributed by atoms with van der Waals surface area (Å²) < 4.78 is 32.7. The fourth-order valence-electron chi connectivity index (χ4n) is 1.94. The molecule has 1 aromatic carbocycles. The van der Waals surface area contributed by atoms with Crippen LogP contribution in [0.1, 0.15) is 6.92 Å². The third-order valence-corrected chi connectivity index (χ3v) is 5.50. The van der Waals surface area contributed by atoms with E-state index >= 15 is 0 Å². The van der Waals surface area contributed by atoms with Crippen molar-refractivity contribution in [2.75, 3.05) is 19.7 Å². The third-order valence-electron chi connectivity index (χ3n) is 3.09. The molecule has 0 radical (unpaired) electrons. The molecule has 0 bridgehead atoms. The van der Waals surface area contributed by atoms with Crippen LogP contribution in [-0.4, -0.2) is 44.6 Å². The Morgan fingerprint density at radius 1 is 1.42 bits per heavy atom. The maximum atomic E-state index is 12.5. The normalized spacial score (nSPS) is 23.2. The Kier molecular flexibility index (Phi) is 4.62. The Labute approximate surface area is 121 Å². The Balaban J connectivity index is 2.22. The van der Waals surface area contributed by atoms with E-state index in [9.17, 15) is 8.42 Å². The summed E-state index contributed by atoms with van der Waals surface area (Å²) in [5.74, 6) is 0. The van der Waals surface area contributed by atoms with Gasteiger partial charge in [-0.25, -0.2) is 8.42 Å².